The molecule has 0 aliphatic rings. The number of hydrogen-bond donors (Lipinski definition) is 2. The highest BCUT2D eigenvalue weighted by molar-refractivity contribution is 5.98. The zero-order valence-electron chi connectivity index (χ0n) is 22.0. The minimum atomic E-state index is -5.08. The first-order chi connectivity index (χ1) is 17.6. The number of carbonyl (C=O) groups is 2. The summed E-state index contributed by atoms with van der Waals surface area (Å²) in [6.45, 7) is 10.8. The molecule has 204 valence electrons. The maximum atomic E-state index is 12.7. The molecule has 0 amide bonds. The Labute approximate surface area is 220 Å². The van der Waals surface area contributed by atoms with Crippen LogP contribution in [-0.4, -0.2) is 35.1 Å². The molecule has 0 aromatic heterocycles. The normalized spacial score (nSPS) is 11.3. The molecule has 0 unspecified atom stereocenters. The van der Waals surface area contributed by atoms with Gasteiger partial charge in [-0.05, 0) is 77.1 Å². The van der Waals surface area contributed by atoms with Gasteiger partial charge < -0.3 is 19.9 Å². The van der Waals surface area contributed by atoms with E-state index in [4.69, 9.17) is 19.4 Å². The van der Waals surface area contributed by atoms with Gasteiger partial charge in [0.2, 0.25) is 0 Å². The van der Waals surface area contributed by atoms with Gasteiger partial charge >= 0.3 is 12.1 Å². The number of carboxylic acids is 1. The number of hydrogen-bond acceptors (Lipinski definition) is 5. The summed E-state index contributed by atoms with van der Waals surface area (Å²) in [6.07, 6.45) is -5.08. The Kier molecular flexibility index (Phi) is 10.5. The third-order valence-corrected chi connectivity index (χ3v) is 5.07. The van der Waals surface area contributed by atoms with E-state index in [0.717, 1.165) is 17.1 Å². The lowest BCUT2D eigenvalue weighted by atomic mass is 10.0. The SMILES string of the molecule is Cc1ccc(OCc2cc(C(=O)CNC(C)(C)C)ccc2Oc2ccc(C)cc2)cc1.O=C(O)C(F)(F)F. The molecule has 38 heavy (non-hydrogen) atoms. The smallest absolute Gasteiger partial charge is 0.489 e. The number of ether oxygens (including phenoxy) is 2. The molecule has 2 N–H and O–H groups in total. The molecule has 0 atom stereocenters. The molecule has 3 rings (SSSR count). The van der Waals surface area contributed by atoms with Crippen molar-refractivity contribution in [2.24, 2.45) is 0 Å². The number of aryl methyl sites for hydroxylation is 2. The number of halogens is 3. The number of rotatable bonds is 8. The van der Waals surface area contributed by atoms with E-state index in [0.29, 0.717) is 17.9 Å². The van der Waals surface area contributed by atoms with Crippen LogP contribution in [0, 0.1) is 13.8 Å². The summed E-state index contributed by atoms with van der Waals surface area (Å²) in [4.78, 5) is 21.6. The second-order valence-electron chi connectivity index (χ2n) is 9.67. The molecule has 6 nitrogen and oxygen atoms in total. The van der Waals surface area contributed by atoms with E-state index in [9.17, 15) is 18.0 Å². The quantitative estimate of drug-likeness (QED) is 0.308. The van der Waals surface area contributed by atoms with Crippen molar-refractivity contribution >= 4 is 11.8 Å². The zero-order valence-corrected chi connectivity index (χ0v) is 22.0. The Balaban J connectivity index is 0.000000638. The minimum absolute atomic E-state index is 0.0356. The monoisotopic (exact) mass is 531 g/mol. The highest BCUT2D eigenvalue weighted by atomic mass is 19.4. The summed E-state index contributed by atoms with van der Waals surface area (Å²) in [5, 5.41) is 10.4. The predicted octanol–water partition coefficient (Wildman–Crippen LogP) is 6.88. The van der Waals surface area contributed by atoms with Crippen molar-refractivity contribution in [1.82, 2.24) is 5.32 Å². The molecule has 0 fully saturated rings. The second kappa shape index (κ2) is 13.1. The van der Waals surface area contributed by atoms with Crippen LogP contribution in [0.2, 0.25) is 0 Å². The summed E-state index contributed by atoms with van der Waals surface area (Å²) in [5.41, 5.74) is 3.68. The molecule has 0 bridgehead atoms. The van der Waals surface area contributed by atoms with E-state index in [2.05, 4.69) is 5.32 Å². The van der Waals surface area contributed by atoms with Crippen molar-refractivity contribution in [3.8, 4) is 17.2 Å². The van der Waals surface area contributed by atoms with Gasteiger partial charge in [-0.15, -0.1) is 0 Å². The summed E-state index contributed by atoms with van der Waals surface area (Å²) in [7, 11) is 0. The molecular weight excluding hydrogens is 499 g/mol. The Morgan fingerprint density at radius 1 is 0.842 bits per heavy atom. The van der Waals surface area contributed by atoms with Gasteiger partial charge in [0.25, 0.3) is 0 Å². The minimum Gasteiger partial charge on any atom is -0.489 e. The van der Waals surface area contributed by atoms with Gasteiger partial charge in [-0.25, -0.2) is 4.79 Å². The van der Waals surface area contributed by atoms with Crippen LogP contribution in [-0.2, 0) is 11.4 Å². The van der Waals surface area contributed by atoms with Crippen LogP contribution >= 0.6 is 0 Å². The fraction of sp³-hybridized carbons (Fsp3) is 0.310. The molecule has 0 spiro atoms. The van der Waals surface area contributed by atoms with Gasteiger partial charge in [-0.1, -0.05) is 35.4 Å². The summed E-state index contributed by atoms with van der Waals surface area (Å²) in [6, 6.07) is 21.3. The number of ketones is 1. The number of aliphatic carboxylic acids is 1. The average molecular weight is 532 g/mol. The maximum Gasteiger partial charge on any atom is 0.490 e. The van der Waals surface area contributed by atoms with Crippen molar-refractivity contribution in [3.05, 3.63) is 89.0 Å². The van der Waals surface area contributed by atoms with E-state index in [1.54, 1.807) is 0 Å². The first kappa shape index (κ1) is 30.4. The van der Waals surface area contributed by atoms with E-state index >= 15 is 0 Å². The number of carboxylic acid groups (broad SMARTS) is 1. The van der Waals surface area contributed by atoms with Gasteiger partial charge in [0.15, 0.2) is 5.78 Å². The topological polar surface area (TPSA) is 84.9 Å². The lowest BCUT2D eigenvalue weighted by Crippen LogP contribution is -2.39. The first-order valence-corrected chi connectivity index (χ1v) is 11.8. The Morgan fingerprint density at radius 3 is 1.82 bits per heavy atom. The van der Waals surface area contributed by atoms with Crippen LogP contribution < -0.4 is 14.8 Å². The maximum absolute atomic E-state index is 12.7. The van der Waals surface area contributed by atoms with Crippen LogP contribution in [0.3, 0.4) is 0 Å². The molecule has 0 aliphatic carbocycles. The molecule has 0 saturated heterocycles. The highest BCUT2D eigenvalue weighted by Crippen LogP contribution is 2.28. The Bertz CT molecular complexity index is 1210. The Morgan fingerprint density at radius 2 is 1.34 bits per heavy atom. The van der Waals surface area contributed by atoms with E-state index in [-0.39, 0.29) is 17.9 Å². The van der Waals surface area contributed by atoms with Crippen LogP contribution in [0.1, 0.15) is 47.8 Å². The molecule has 0 aliphatic heterocycles. The fourth-order valence-corrected chi connectivity index (χ4v) is 2.94. The van der Waals surface area contributed by atoms with Crippen molar-refractivity contribution < 1.29 is 37.3 Å². The number of Topliss-reactive ketones (excluding diaryl/α,β-unsaturated/α-hetero) is 1. The van der Waals surface area contributed by atoms with Crippen molar-refractivity contribution in [1.29, 1.82) is 0 Å². The van der Waals surface area contributed by atoms with Gasteiger partial charge in [0.1, 0.15) is 23.9 Å². The van der Waals surface area contributed by atoms with Gasteiger partial charge in [0, 0.05) is 16.7 Å². The number of alkyl halides is 3. The average Bonchev–Trinajstić information content (AvgIpc) is 2.83. The summed E-state index contributed by atoms with van der Waals surface area (Å²) < 4.78 is 43.8. The third kappa shape index (κ3) is 10.6. The standard InChI is InChI=1S/C27H31NO3.C2HF3O2/c1-19-6-11-23(12-7-19)30-18-22-16-21(25(29)17-28-27(3,4)5)10-15-26(22)31-24-13-8-20(2)9-14-24;3-2(4,5)1(6)7/h6-16,28H,17-18H2,1-5H3;(H,6,7). The van der Waals surface area contributed by atoms with Gasteiger partial charge in [0.05, 0.1) is 6.54 Å². The largest absolute Gasteiger partial charge is 0.490 e. The molecule has 0 radical (unpaired) electrons. The predicted molar refractivity (Wildman–Crippen MR) is 139 cm³/mol. The van der Waals surface area contributed by atoms with E-state index < -0.39 is 12.1 Å². The highest BCUT2D eigenvalue weighted by Gasteiger charge is 2.38. The zero-order chi connectivity index (χ0) is 28.5. The molecule has 0 saturated carbocycles. The van der Waals surface area contributed by atoms with Crippen LogP contribution in [0.5, 0.6) is 17.2 Å². The lowest BCUT2D eigenvalue weighted by molar-refractivity contribution is -0.192. The molecule has 3 aromatic rings. The van der Waals surface area contributed by atoms with Crippen molar-refractivity contribution in [3.63, 3.8) is 0 Å². The van der Waals surface area contributed by atoms with E-state index in [1.807, 2.05) is 101 Å². The van der Waals surface area contributed by atoms with Crippen LogP contribution in [0.15, 0.2) is 66.7 Å². The lowest BCUT2D eigenvalue weighted by Gasteiger charge is -2.20. The third-order valence-electron chi connectivity index (χ3n) is 5.07. The number of carbonyl (C=O) groups excluding carboxylic acids is 1. The Hall–Kier alpha value is -3.85. The summed E-state index contributed by atoms with van der Waals surface area (Å²) >= 11 is 0. The number of benzene rings is 3. The van der Waals surface area contributed by atoms with Crippen molar-refractivity contribution in [2.75, 3.05) is 6.54 Å². The van der Waals surface area contributed by atoms with Crippen LogP contribution in [0.4, 0.5) is 13.2 Å². The van der Waals surface area contributed by atoms with Gasteiger partial charge in [-0.3, -0.25) is 4.79 Å². The first-order valence-electron chi connectivity index (χ1n) is 11.8. The molecule has 0 heterocycles. The molecule has 9 heteroatoms. The van der Waals surface area contributed by atoms with E-state index in [1.165, 1.54) is 11.1 Å². The molecular formula is C29H32F3NO5. The molecule has 3 aromatic carbocycles. The second-order valence-corrected chi connectivity index (χ2v) is 9.67. The van der Waals surface area contributed by atoms with Crippen molar-refractivity contribution in [2.45, 2.75) is 52.9 Å². The van der Waals surface area contributed by atoms with Gasteiger partial charge in [-0.2, -0.15) is 13.2 Å². The van der Waals surface area contributed by atoms with Crippen LogP contribution in [0.25, 0.3) is 0 Å². The fourth-order valence-electron chi connectivity index (χ4n) is 2.94. The number of nitrogens with one attached hydrogen (secondary N) is 1. The summed E-state index contributed by atoms with van der Waals surface area (Å²) in [5.74, 6) is -0.522.